The highest BCUT2D eigenvalue weighted by molar-refractivity contribution is 5.17. The molecule has 0 saturated heterocycles. The second-order valence-corrected chi connectivity index (χ2v) is 41.1. The van der Waals surface area contributed by atoms with Crippen molar-refractivity contribution in [3.8, 4) is 0 Å². The molecule has 12 aliphatic rings. The van der Waals surface area contributed by atoms with E-state index in [2.05, 4.69) is 75.0 Å². The fourth-order valence-electron chi connectivity index (χ4n) is 28.9. The van der Waals surface area contributed by atoms with Crippen LogP contribution in [-0.2, 0) is 0 Å². The number of unbranched alkanes of at least 4 members (excludes halogenated alkanes) is 14. The predicted molar refractivity (Wildman–Crippen MR) is 443 cm³/mol. The van der Waals surface area contributed by atoms with Gasteiger partial charge in [-0.3, -0.25) is 19.6 Å². The lowest BCUT2D eigenvalue weighted by molar-refractivity contribution is -0.197. The first kappa shape index (κ1) is 81.3. The van der Waals surface area contributed by atoms with E-state index in [1.165, 1.54) is 347 Å². The molecule has 0 heterocycles. The van der Waals surface area contributed by atoms with Crippen LogP contribution in [-0.4, -0.2) is 92.1 Å². The lowest BCUT2D eigenvalue weighted by atomic mass is 9.44. The van der Waals surface area contributed by atoms with Gasteiger partial charge in [-0.2, -0.15) is 0 Å². The molecular weight excluding hydrogens is 1230 g/mol. The van der Waals surface area contributed by atoms with Crippen LogP contribution in [0.1, 0.15) is 466 Å². The lowest BCUT2D eigenvalue weighted by Gasteiger charge is -2.69. The summed E-state index contributed by atoms with van der Waals surface area (Å²) in [6.45, 7) is 20.0. The van der Waals surface area contributed by atoms with E-state index in [0.717, 1.165) is 155 Å². The molecule has 0 aromatic heterocycles. The van der Waals surface area contributed by atoms with Gasteiger partial charge in [0.15, 0.2) is 0 Å². The van der Waals surface area contributed by atoms with Crippen molar-refractivity contribution in [2.24, 2.45) is 82.9 Å². The molecule has 0 radical (unpaired) electrons. The summed E-state index contributed by atoms with van der Waals surface area (Å²) in [5.74, 6) is 13.4. The molecule has 0 aromatic carbocycles. The third-order valence-electron chi connectivity index (χ3n) is 34.6. The highest BCUT2D eigenvalue weighted by atomic mass is 15.3. The molecule has 102 heavy (non-hydrogen) atoms. The Bertz CT molecular complexity index is 1990. The van der Waals surface area contributed by atoms with E-state index in [0.29, 0.717) is 0 Å². The Morgan fingerprint density at radius 1 is 0.186 bits per heavy atom. The first-order chi connectivity index (χ1) is 50.2. The number of rotatable bonds is 38. The Morgan fingerprint density at radius 2 is 0.363 bits per heavy atom. The van der Waals surface area contributed by atoms with Crippen LogP contribution in [0.2, 0.25) is 0 Å². The fraction of sp³-hybridized carbons (Fsp3) is 1.00. The Labute approximate surface area is 637 Å². The molecule has 12 rings (SSSR count). The molecule has 10 unspecified atom stereocenters. The van der Waals surface area contributed by atoms with Gasteiger partial charge in [-0.1, -0.05) is 222 Å². The molecule has 10 atom stereocenters. The van der Waals surface area contributed by atoms with Crippen LogP contribution >= 0.6 is 0 Å². The molecule has 12 aliphatic carbocycles. The molecule has 0 bridgehead atoms. The van der Waals surface area contributed by atoms with Crippen molar-refractivity contribution in [3.63, 3.8) is 0 Å². The van der Waals surface area contributed by atoms with Crippen LogP contribution in [0, 0.1) is 82.9 Å². The molecule has 590 valence electrons. The summed E-state index contributed by atoms with van der Waals surface area (Å²) < 4.78 is 0. The maximum Gasteiger partial charge on any atom is 0.0147 e. The second kappa shape index (κ2) is 42.5. The van der Waals surface area contributed by atoms with Gasteiger partial charge in [0.2, 0.25) is 0 Å². The van der Waals surface area contributed by atoms with Gasteiger partial charge < -0.3 is 0 Å². The number of nitrogens with zero attached hydrogens (tertiary/aromatic N) is 4. The van der Waals surface area contributed by atoms with Crippen molar-refractivity contribution >= 4 is 0 Å². The first-order valence-electron chi connectivity index (χ1n) is 49.3. The van der Waals surface area contributed by atoms with E-state index < -0.39 is 0 Å². The topological polar surface area (TPSA) is 13.0 Å². The van der Waals surface area contributed by atoms with E-state index in [9.17, 15) is 0 Å². The summed E-state index contributed by atoms with van der Waals surface area (Å²) in [5.41, 5.74) is 0. The predicted octanol–water partition coefficient (Wildman–Crippen LogP) is 28.5. The van der Waals surface area contributed by atoms with Crippen molar-refractivity contribution in [1.82, 2.24) is 19.6 Å². The van der Waals surface area contributed by atoms with Gasteiger partial charge in [0.1, 0.15) is 0 Å². The summed E-state index contributed by atoms with van der Waals surface area (Å²) in [7, 11) is 0. The van der Waals surface area contributed by atoms with Crippen LogP contribution in [0.3, 0.4) is 0 Å². The quantitative estimate of drug-likeness (QED) is 0.0571. The van der Waals surface area contributed by atoms with Crippen molar-refractivity contribution in [1.29, 1.82) is 0 Å². The van der Waals surface area contributed by atoms with E-state index in [-0.39, 0.29) is 0 Å². The molecule has 0 aromatic rings. The van der Waals surface area contributed by atoms with E-state index in [1.807, 2.05) is 0 Å². The molecule has 4 nitrogen and oxygen atoms in total. The monoisotopic (exact) mass is 1410 g/mol. The van der Waals surface area contributed by atoms with Gasteiger partial charge in [0.25, 0.3) is 0 Å². The smallest absolute Gasteiger partial charge is 0.0147 e. The third kappa shape index (κ3) is 21.3. The first-order valence-corrected chi connectivity index (χ1v) is 49.3. The fourth-order valence-corrected chi connectivity index (χ4v) is 28.9. The second-order valence-electron chi connectivity index (χ2n) is 41.1. The Balaban J connectivity index is 0.958. The SMILES string of the molecule is CCCCCCCCC1CCC(N(C2CCC(C)CC2)C2CC(N(C3CCC(CCCC)CC3)C3CCC(CCCC)CC3)C3CCC4C5C(CCC2C35)C(N(C2CCC(CCCC)CC2)C2CCC(CCCC)CC2)CC4N(C2CCC(C)CC2)C2CCC(CCCCCCCC)CC2)CC1. The van der Waals surface area contributed by atoms with Gasteiger partial charge >= 0.3 is 0 Å². The van der Waals surface area contributed by atoms with Gasteiger partial charge in [-0.05, 0) is 327 Å². The summed E-state index contributed by atoms with van der Waals surface area (Å²) in [6.07, 6.45) is 96.6. The van der Waals surface area contributed by atoms with E-state index in [1.54, 1.807) is 64.2 Å². The van der Waals surface area contributed by atoms with Crippen LogP contribution in [0.5, 0.6) is 0 Å². The number of hydrogen-bond donors (Lipinski definition) is 0. The Kier molecular flexibility index (Phi) is 33.9. The van der Waals surface area contributed by atoms with Crippen LogP contribution in [0.25, 0.3) is 0 Å². The van der Waals surface area contributed by atoms with Gasteiger partial charge in [0.05, 0.1) is 0 Å². The standard InChI is InChI=1S/C98H178N4/c1-9-15-21-23-25-27-33-79-47-63-83(64-48-79)99(81-51-35-73(7)36-52-81)93-71-95(101(85-55-39-75(40-56-85)29-17-11-3)86-57-41-76(42-58-86)30-18-12-4)91-70-68-90-94(100(82-53-37-74(8)38-54-82)84-65-49-80(50-66-84)34-28-26-24-22-16-10-2)72-96(92-69-67-89(93)97(91)98(90)92)102(87-59-43-77(44-60-87)31-19-13-5)88-61-45-78(46-62-88)32-20-14-6/h73-98H,9-72H2,1-8H3. The highest BCUT2D eigenvalue weighted by Gasteiger charge is 2.65. The molecule has 0 amide bonds. The lowest BCUT2D eigenvalue weighted by Crippen LogP contribution is -2.72. The zero-order chi connectivity index (χ0) is 70.6. The average Bonchev–Trinajstić information content (AvgIpc) is 0.701. The molecule has 0 spiro atoms. The van der Waals surface area contributed by atoms with Gasteiger partial charge in [-0.15, -0.1) is 0 Å². The van der Waals surface area contributed by atoms with Gasteiger partial charge in [0, 0.05) is 72.5 Å². The summed E-state index contributed by atoms with van der Waals surface area (Å²) >= 11 is 0. The molecule has 12 fully saturated rings. The maximum absolute atomic E-state index is 3.68. The van der Waals surface area contributed by atoms with Crippen LogP contribution < -0.4 is 0 Å². The maximum atomic E-state index is 3.68. The minimum Gasteiger partial charge on any atom is -0.294 e. The van der Waals surface area contributed by atoms with Crippen molar-refractivity contribution in [2.45, 2.75) is 539 Å². The minimum atomic E-state index is 0.809. The summed E-state index contributed by atoms with van der Waals surface area (Å²) in [4.78, 5) is 14.7. The Hall–Kier alpha value is -0.160. The zero-order valence-electron chi connectivity index (χ0n) is 70.1. The molecule has 0 N–H and O–H groups in total. The molecule has 0 aliphatic heterocycles. The highest BCUT2D eigenvalue weighted by Crippen LogP contribution is 2.65. The summed E-state index contributed by atoms with van der Waals surface area (Å²) in [6, 6.07) is 9.92. The van der Waals surface area contributed by atoms with Crippen LogP contribution in [0.15, 0.2) is 0 Å². The Morgan fingerprint density at radius 3 is 0.569 bits per heavy atom. The van der Waals surface area contributed by atoms with E-state index >= 15 is 0 Å². The van der Waals surface area contributed by atoms with Crippen LogP contribution in [0.4, 0.5) is 0 Å². The van der Waals surface area contributed by atoms with Crippen molar-refractivity contribution < 1.29 is 0 Å². The van der Waals surface area contributed by atoms with Crippen molar-refractivity contribution in [3.05, 3.63) is 0 Å². The largest absolute Gasteiger partial charge is 0.294 e. The van der Waals surface area contributed by atoms with E-state index in [4.69, 9.17) is 0 Å². The normalized spacial score (nSPS) is 40.8. The molecule has 12 saturated carbocycles. The number of hydrogen-bond acceptors (Lipinski definition) is 4. The minimum absolute atomic E-state index is 0.809. The summed E-state index contributed by atoms with van der Waals surface area (Å²) in [5, 5.41) is 0. The third-order valence-corrected chi connectivity index (χ3v) is 34.6. The van der Waals surface area contributed by atoms with Crippen molar-refractivity contribution in [2.75, 3.05) is 0 Å². The molecule has 4 heteroatoms. The zero-order valence-corrected chi connectivity index (χ0v) is 70.1. The average molecular weight is 1410 g/mol. The molecular formula is C98H178N4. The van der Waals surface area contributed by atoms with Gasteiger partial charge in [-0.25, -0.2) is 0 Å².